The summed E-state index contributed by atoms with van der Waals surface area (Å²) < 4.78 is 31.9. The van der Waals surface area contributed by atoms with Gasteiger partial charge in [-0.05, 0) is 42.3 Å². The number of esters is 1. The number of benzene rings is 2. The van der Waals surface area contributed by atoms with Crippen LogP contribution in [0.3, 0.4) is 0 Å². The summed E-state index contributed by atoms with van der Waals surface area (Å²) in [5.74, 6) is 1.82. The largest absolute Gasteiger partial charge is 0.493 e. The molecule has 0 saturated carbocycles. The maximum absolute atomic E-state index is 12.3. The summed E-state index contributed by atoms with van der Waals surface area (Å²) in [5.41, 5.74) is 1.22. The second-order valence-corrected chi connectivity index (χ2v) is 6.48. The number of Topliss-reactive ketones (excluding diaryl/α,β-unsaturated/α-hetero) is 1. The maximum Gasteiger partial charge on any atom is 0.306 e. The van der Waals surface area contributed by atoms with Gasteiger partial charge in [-0.15, -0.1) is 0 Å². The van der Waals surface area contributed by atoms with Gasteiger partial charge in [0.1, 0.15) is 13.2 Å². The average Bonchev–Trinajstić information content (AvgIpc) is 2.79. The molecule has 2 aromatic rings. The third-order valence-corrected chi connectivity index (χ3v) is 4.57. The van der Waals surface area contributed by atoms with E-state index in [-0.39, 0.29) is 18.8 Å². The second kappa shape index (κ2) is 9.87. The van der Waals surface area contributed by atoms with E-state index in [1.54, 1.807) is 30.3 Å². The smallest absolute Gasteiger partial charge is 0.306 e. The zero-order valence-electron chi connectivity index (χ0n) is 17.2. The molecule has 0 radical (unpaired) electrons. The van der Waals surface area contributed by atoms with E-state index < -0.39 is 5.97 Å². The normalized spacial score (nSPS) is 12.1. The van der Waals surface area contributed by atoms with Gasteiger partial charge in [0.25, 0.3) is 0 Å². The fourth-order valence-electron chi connectivity index (χ4n) is 3.04. The van der Waals surface area contributed by atoms with Crippen LogP contribution in [0.1, 0.15) is 22.3 Å². The first-order chi connectivity index (χ1) is 14.5. The van der Waals surface area contributed by atoms with Gasteiger partial charge in [-0.3, -0.25) is 9.59 Å². The Morgan fingerprint density at radius 1 is 0.900 bits per heavy atom. The van der Waals surface area contributed by atoms with E-state index in [0.29, 0.717) is 53.9 Å². The predicted octanol–water partition coefficient (Wildman–Crippen LogP) is 2.84. The molecule has 1 heterocycles. The van der Waals surface area contributed by atoms with E-state index in [9.17, 15) is 9.59 Å². The van der Waals surface area contributed by atoms with Gasteiger partial charge in [0.05, 0.1) is 21.3 Å². The number of rotatable bonds is 9. The van der Waals surface area contributed by atoms with Gasteiger partial charge in [0.2, 0.25) is 5.75 Å². The fourth-order valence-corrected chi connectivity index (χ4v) is 3.04. The zero-order chi connectivity index (χ0) is 21.5. The van der Waals surface area contributed by atoms with Gasteiger partial charge in [-0.2, -0.15) is 0 Å². The number of hydrogen-bond donors (Lipinski definition) is 0. The van der Waals surface area contributed by atoms with Crippen molar-refractivity contribution in [1.29, 1.82) is 0 Å². The van der Waals surface area contributed by atoms with Gasteiger partial charge in [0.15, 0.2) is 35.4 Å². The lowest BCUT2D eigenvalue weighted by molar-refractivity contribution is -0.142. The molecular weight excluding hydrogens is 392 g/mol. The van der Waals surface area contributed by atoms with Crippen LogP contribution in [-0.4, -0.2) is 52.9 Å². The molecule has 0 bridgehead atoms. The molecule has 8 heteroatoms. The lowest BCUT2D eigenvalue weighted by Gasteiger charge is -2.18. The number of ether oxygens (including phenoxy) is 6. The van der Waals surface area contributed by atoms with E-state index in [4.69, 9.17) is 28.4 Å². The van der Waals surface area contributed by atoms with Crippen molar-refractivity contribution in [2.45, 2.75) is 12.8 Å². The summed E-state index contributed by atoms with van der Waals surface area (Å²) in [5, 5.41) is 0. The molecule has 0 aromatic heterocycles. The first-order valence-corrected chi connectivity index (χ1v) is 9.43. The van der Waals surface area contributed by atoms with Crippen molar-refractivity contribution in [3.05, 3.63) is 41.5 Å². The Labute approximate surface area is 174 Å². The van der Waals surface area contributed by atoms with E-state index in [1.165, 1.54) is 21.3 Å². The average molecular weight is 416 g/mol. The van der Waals surface area contributed by atoms with Gasteiger partial charge in [0, 0.05) is 12.0 Å². The topological polar surface area (TPSA) is 89.5 Å². The van der Waals surface area contributed by atoms with Crippen molar-refractivity contribution < 1.29 is 38.0 Å². The molecular formula is C22H24O8. The monoisotopic (exact) mass is 416 g/mol. The minimum absolute atomic E-state index is 0.104. The van der Waals surface area contributed by atoms with Gasteiger partial charge in [-0.1, -0.05) is 0 Å². The zero-order valence-corrected chi connectivity index (χ0v) is 17.2. The molecule has 3 rings (SSSR count). The molecule has 0 amide bonds. The van der Waals surface area contributed by atoms with Crippen molar-refractivity contribution >= 4 is 11.8 Å². The van der Waals surface area contributed by atoms with E-state index in [0.717, 1.165) is 5.56 Å². The molecule has 160 valence electrons. The molecule has 0 fully saturated rings. The molecule has 0 unspecified atom stereocenters. The van der Waals surface area contributed by atoms with E-state index in [2.05, 4.69) is 0 Å². The van der Waals surface area contributed by atoms with Crippen molar-refractivity contribution in [1.82, 2.24) is 0 Å². The van der Waals surface area contributed by atoms with E-state index in [1.807, 2.05) is 0 Å². The molecule has 2 aromatic carbocycles. The Morgan fingerprint density at radius 3 is 2.20 bits per heavy atom. The van der Waals surface area contributed by atoms with Gasteiger partial charge in [-0.25, -0.2) is 0 Å². The number of ketones is 1. The van der Waals surface area contributed by atoms with Crippen LogP contribution in [0.15, 0.2) is 30.3 Å². The van der Waals surface area contributed by atoms with Gasteiger partial charge < -0.3 is 28.4 Å². The number of carbonyl (C=O) groups excluding carboxylic acids is 2. The van der Waals surface area contributed by atoms with Crippen LogP contribution in [0.25, 0.3) is 0 Å². The maximum atomic E-state index is 12.3. The summed E-state index contributed by atoms with van der Waals surface area (Å²) in [6, 6.07) is 8.44. The predicted molar refractivity (Wildman–Crippen MR) is 107 cm³/mol. The highest BCUT2D eigenvalue weighted by Gasteiger charge is 2.17. The van der Waals surface area contributed by atoms with Crippen LogP contribution in [0.2, 0.25) is 0 Å². The van der Waals surface area contributed by atoms with Crippen LogP contribution >= 0.6 is 0 Å². The Balaban J connectivity index is 1.54. The fraction of sp³-hybridized carbons (Fsp3) is 0.364. The third-order valence-electron chi connectivity index (χ3n) is 4.57. The molecule has 0 N–H and O–H groups in total. The van der Waals surface area contributed by atoms with Crippen LogP contribution < -0.4 is 23.7 Å². The van der Waals surface area contributed by atoms with Crippen molar-refractivity contribution in [3.63, 3.8) is 0 Å². The van der Waals surface area contributed by atoms with Crippen LogP contribution in [-0.2, 0) is 16.0 Å². The molecule has 1 aliphatic heterocycles. The summed E-state index contributed by atoms with van der Waals surface area (Å²) in [6.45, 7) is 0.568. The lowest BCUT2D eigenvalue weighted by atomic mass is 10.1. The molecule has 0 saturated heterocycles. The first-order valence-electron chi connectivity index (χ1n) is 9.43. The Kier molecular flexibility index (Phi) is 7.00. The van der Waals surface area contributed by atoms with Crippen molar-refractivity contribution in [2.24, 2.45) is 0 Å². The lowest BCUT2D eigenvalue weighted by Crippen LogP contribution is -2.17. The quantitative estimate of drug-likeness (QED) is 0.455. The molecule has 30 heavy (non-hydrogen) atoms. The second-order valence-electron chi connectivity index (χ2n) is 6.48. The number of fused-ring (bicyclic) bond motifs is 1. The summed E-state index contributed by atoms with van der Waals surface area (Å²) in [6.07, 6.45) is 0.501. The van der Waals surface area contributed by atoms with Gasteiger partial charge >= 0.3 is 5.97 Å². The standard InChI is InChI=1S/C22H24O8/c1-25-19-10-14(11-20(26-2)22(19)27-3)4-7-21(24)30-13-16(23)15-5-6-17-18(12-15)29-9-8-28-17/h5-6,10-12H,4,7-9,13H2,1-3H3. The number of aryl methyl sites for hydroxylation is 1. The summed E-state index contributed by atoms with van der Waals surface area (Å²) in [7, 11) is 4.58. The highest BCUT2D eigenvalue weighted by atomic mass is 16.6. The first kappa shape index (κ1) is 21.3. The summed E-state index contributed by atoms with van der Waals surface area (Å²) >= 11 is 0. The third kappa shape index (κ3) is 4.94. The number of methoxy groups -OCH3 is 3. The molecule has 0 aliphatic carbocycles. The Morgan fingerprint density at radius 2 is 1.57 bits per heavy atom. The van der Waals surface area contributed by atoms with Crippen LogP contribution in [0.5, 0.6) is 28.7 Å². The van der Waals surface area contributed by atoms with Crippen molar-refractivity contribution in [3.8, 4) is 28.7 Å². The number of hydrogen-bond acceptors (Lipinski definition) is 8. The van der Waals surface area contributed by atoms with Crippen LogP contribution in [0, 0.1) is 0 Å². The van der Waals surface area contributed by atoms with E-state index >= 15 is 0 Å². The highest BCUT2D eigenvalue weighted by molar-refractivity contribution is 5.98. The minimum atomic E-state index is -0.477. The Bertz CT molecular complexity index is 896. The molecule has 0 spiro atoms. The Hall–Kier alpha value is -3.42. The SMILES string of the molecule is COc1cc(CCC(=O)OCC(=O)c2ccc3c(c2)OCCO3)cc(OC)c1OC. The minimum Gasteiger partial charge on any atom is -0.493 e. The molecule has 8 nitrogen and oxygen atoms in total. The van der Waals surface area contributed by atoms with Crippen molar-refractivity contribution in [2.75, 3.05) is 41.2 Å². The number of carbonyl (C=O) groups is 2. The highest BCUT2D eigenvalue weighted by Crippen LogP contribution is 2.38. The summed E-state index contributed by atoms with van der Waals surface area (Å²) in [4.78, 5) is 24.4. The van der Waals surface area contributed by atoms with Crippen LogP contribution in [0.4, 0.5) is 0 Å². The molecule has 0 atom stereocenters. The molecule has 1 aliphatic rings.